The number of nitrogens with zero attached hydrogens (tertiary/aromatic N) is 3. The Hall–Kier alpha value is -3.64. The number of aromatic nitrogens is 1. The van der Waals surface area contributed by atoms with Gasteiger partial charge in [0.2, 0.25) is 0 Å². The number of hydrazone groups is 1. The van der Waals surface area contributed by atoms with Crippen molar-refractivity contribution in [3.05, 3.63) is 41.5 Å². The van der Waals surface area contributed by atoms with Crippen LogP contribution in [-0.2, 0) is 22.3 Å². The third kappa shape index (κ3) is 9.60. The highest BCUT2D eigenvalue weighted by atomic mass is 19.4. The monoisotopic (exact) mass is 442 g/mol. The fourth-order valence-corrected chi connectivity index (χ4v) is 2.13. The molecule has 1 aromatic rings. The number of nitrogens with two attached hydrogens (primary N) is 2. The standard InChI is InChI=1S/C18H25F3N8O2/c1-24-17(31)15(29-23)11-26-6-3-2-5-25-10-14(22)16(30)28-9-13-8-12(4-7-27-13)18(19,20)21/h4,7-8,10-11,25H,2-3,5-6,9,22-23H2,1H3,(H,24,31)(H,28,30)/b14-10-,26-11?,29-15?. The van der Waals surface area contributed by atoms with Gasteiger partial charge < -0.3 is 27.5 Å². The van der Waals surface area contributed by atoms with Crippen LogP contribution in [0.5, 0.6) is 0 Å². The van der Waals surface area contributed by atoms with Crippen molar-refractivity contribution in [3.8, 4) is 0 Å². The SMILES string of the molecule is CNC(=O)C(C=NCCCCN/C=C(\N)C(=O)NCc1cc(C(F)(F)F)ccn1)=NN. The van der Waals surface area contributed by atoms with Gasteiger partial charge in [-0.1, -0.05) is 0 Å². The second-order valence-corrected chi connectivity index (χ2v) is 6.11. The molecule has 0 saturated carbocycles. The Balaban J connectivity index is 2.32. The molecule has 0 aliphatic carbocycles. The van der Waals surface area contributed by atoms with Crippen molar-refractivity contribution in [2.45, 2.75) is 25.6 Å². The number of nitrogens with one attached hydrogen (secondary N) is 3. The van der Waals surface area contributed by atoms with Crippen LogP contribution < -0.4 is 27.5 Å². The van der Waals surface area contributed by atoms with Crippen molar-refractivity contribution < 1.29 is 22.8 Å². The van der Waals surface area contributed by atoms with Crippen LogP contribution in [0.3, 0.4) is 0 Å². The van der Waals surface area contributed by atoms with Crippen LogP contribution in [0, 0.1) is 0 Å². The minimum absolute atomic E-state index is 0.0164. The number of alkyl halides is 3. The third-order valence-electron chi connectivity index (χ3n) is 3.76. The smallest absolute Gasteiger partial charge is 0.393 e. The number of amides is 2. The Morgan fingerprint density at radius 2 is 2.00 bits per heavy atom. The van der Waals surface area contributed by atoms with Crippen molar-refractivity contribution in [2.24, 2.45) is 21.7 Å². The quantitative estimate of drug-likeness (QED) is 0.107. The Kier molecular flexibility index (Phi) is 10.5. The zero-order chi connectivity index (χ0) is 23.3. The van der Waals surface area contributed by atoms with Gasteiger partial charge in [-0.3, -0.25) is 19.6 Å². The molecule has 0 fully saturated rings. The van der Waals surface area contributed by atoms with Gasteiger partial charge in [-0.2, -0.15) is 18.3 Å². The highest BCUT2D eigenvalue weighted by Gasteiger charge is 2.30. The predicted molar refractivity (Wildman–Crippen MR) is 110 cm³/mol. The summed E-state index contributed by atoms with van der Waals surface area (Å²) < 4.78 is 38.0. The zero-order valence-corrected chi connectivity index (χ0v) is 16.9. The van der Waals surface area contributed by atoms with E-state index in [1.165, 1.54) is 19.5 Å². The molecule has 0 saturated heterocycles. The molecule has 0 aliphatic heterocycles. The van der Waals surface area contributed by atoms with Gasteiger partial charge >= 0.3 is 6.18 Å². The summed E-state index contributed by atoms with van der Waals surface area (Å²) in [6.45, 7) is 0.757. The number of pyridine rings is 1. The average Bonchev–Trinajstić information content (AvgIpc) is 2.75. The van der Waals surface area contributed by atoms with Gasteiger partial charge in [0.05, 0.1) is 24.0 Å². The van der Waals surface area contributed by atoms with E-state index in [4.69, 9.17) is 11.6 Å². The number of aliphatic imine (C=N–C) groups is 1. The number of halogens is 3. The normalized spacial score (nSPS) is 12.6. The number of carbonyl (C=O) groups excluding carboxylic acids is 2. The second-order valence-electron chi connectivity index (χ2n) is 6.11. The molecule has 0 bridgehead atoms. The van der Waals surface area contributed by atoms with E-state index in [9.17, 15) is 22.8 Å². The van der Waals surface area contributed by atoms with E-state index in [0.29, 0.717) is 25.9 Å². The fourth-order valence-electron chi connectivity index (χ4n) is 2.13. The van der Waals surface area contributed by atoms with E-state index < -0.39 is 23.6 Å². The van der Waals surface area contributed by atoms with Crippen molar-refractivity contribution in [2.75, 3.05) is 20.1 Å². The van der Waals surface area contributed by atoms with Crippen LogP contribution in [0.4, 0.5) is 13.2 Å². The molecular formula is C18H25F3N8O2. The van der Waals surface area contributed by atoms with Gasteiger partial charge in [0, 0.05) is 32.5 Å². The first-order valence-corrected chi connectivity index (χ1v) is 9.18. The van der Waals surface area contributed by atoms with Gasteiger partial charge in [0.1, 0.15) is 5.70 Å². The number of hydrogen-bond acceptors (Lipinski definition) is 8. The molecule has 1 aromatic heterocycles. The molecule has 0 aliphatic rings. The number of hydrogen-bond donors (Lipinski definition) is 5. The molecule has 7 N–H and O–H groups in total. The van der Waals surface area contributed by atoms with Gasteiger partial charge in [-0.05, 0) is 25.0 Å². The van der Waals surface area contributed by atoms with E-state index in [1.54, 1.807) is 0 Å². The summed E-state index contributed by atoms with van der Waals surface area (Å²) in [5.41, 5.74) is 4.74. The molecule has 31 heavy (non-hydrogen) atoms. The lowest BCUT2D eigenvalue weighted by Crippen LogP contribution is -2.30. The van der Waals surface area contributed by atoms with E-state index >= 15 is 0 Å². The Morgan fingerprint density at radius 1 is 1.26 bits per heavy atom. The first-order valence-electron chi connectivity index (χ1n) is 9.18. The molecule has 0 spiro atoms. The molecule has 13 heteroatoms. The number of unbranched alkanes of at least 4 members (excludes halogenated alkanes) is 1. The minimum atomic E-state index is -4.49. The van der Waals surface area contributed by atoms with E-state index in [2.05, 4.69) is 31.0 Å². The topological polar surface area (TPSA) is 160 Å². The molecule has 1 rings (SSSR count). The number of carbonyl (C=O) groups is 2. The maximum atomic E-state index is 12.7. The van der Waals surface area contributed by atoms with Crippen LogP contribution in [-0.4, -0.2) is 48.9 Å². The lowest BCUT2D eigenvalue weighted by molar-refractivity contribution is -0.137. The van der Waals surface area contributed by atoms with Crippen LogP contribution >= 0.6 is 0 Å². The molecule has 170 valence electrons. The van der Waals surface area contributed by atoms with Crippen molar-refractivity contribution in [3.63, 3.8) is 0 Å². The minimum Gasteiger partial charge on any atom is -0.393 e. The van der Waals surface area contributed by atoms with Gasteiger partial charge in [0.15, 0.2) is 5.71 Å². The lowest BCUT2D eigenvalue weighted by Gasteiger charge is -2.09. The Morgan fingerprint density at radius 3 is 2.65 bits per heavy atom. The summed E-state index contributed by atoms with van der Waals surface area (Å²) in [5.74, 6) is 4.01. The van der Waals surface area contributed by atoms with Crippen LogP contribution in [0.2, 0.25) is 0 Å². The predicted octanol–water partition coefficient (Wildman–Crippen LogP) is 0.0180. The van der Waals surface area contributed by atoms with Crippen molar-refractivity contribution >= 4 is 23.7 Å². The second kappa shape index (κ2) is 12.8. The zero-order valence-electron chi connectivity index (χ0n) is 16.9. The largest absolute Gasteiger partial charge is 0.416 e. The van der Waals surface area contributed by atoms with Crippen LogP contribution in [0.15, 0.2) is 40.3 Å². The first-order chi connectivity index (χ1) is 14.7. The van der Waals surface area contributed by atoms with E-state index in [1.807, 2.05) is 0 Å². The lowest BCUT2D eigenvalue weighted by atomic mass is 10.2. The highest BCUT2D eigenvalue weighted by molar-refractivity contribution is 6.60. The summed E-state index contributed by atoms with van der Waals surface area (Å²) in [6.07, 6.45) is 0.524. The van der Waals surface area contributed by atoms with Gasteiger partial charge in [-0.15, -0.1) is 0 Å². The maximum absolute atomic E-state index is 12.7. The van der Waals surface area contributed by atoms with Crippen LogP contribution in [0.1, 0.15) is 24.1 Å². The highest BCUT2D eigenvalue weighted by Crippen LogP contribution is 2.28. The van der Waals surface area contributed by atoms with Crippen molar-refractivity contribution in [1.82, 2.24) is 20.9 Å². The Bertz CT molecular complexity index is 837. The van der Waals surface area contributed by atoms with Crippen LogP contribution in [0.25, 0.3) is 0 Å². The summed E-state index contributed by atoms with van der Waals surface area (Å²) >= 11 is 0. The molecular weight excluding hydrogens is 417 g/mol. The average molecular weight is 442 g/mol. The molecule has 0 unspecified atom stereocenters. The summed E-state index contributed by atoms with van der Waals surface area (Å²) in [5, 5.41) is 11.0. The molecule has 2 amide bonds. The number of rotatable bonds is 11. The fraction of sp³-hybridized carbons (Fsp3) is 0.389. The molecule has 0 atom stereocenters. The van der Waals surface area contributed by atoms with E-state index in [0.717, 1.165) is 18.3 Å². The summed E-state index contributed by atoms with van der Waals surface area (Å²) in [6, 6.07) is 1.71. The summed E-state index contributed by atoms with van der Waals surface area (Å²) in [4.78, 5) is 31.1. The van der Waals surface area contributed by atoms with E-state index in [-0.39, 0.29) is 23.6 Å². The molecule has 1 heterocycles. The maximum Gasteiger partial charge on any atom is 0.416 e. The summed E-state index contributed by atoms with van der Waals surface area (Å²) in [7, 11) is 1.45. The Labute approximate surface area is 177 Å². The molecule has 0 radical (unpaired) electrons. The third-order valence-corrected chi connectivity index (χ3v) is 3.76. The molecule has 0 aromatic carbocycles. The van der Waals surface area contributed by atoms with Crippen molar-refractivity contribution in [1.29, 1.82) is 0 Å². The van der Waals surface area contributed by atoms with Gasteiger partial charge in [-0.25, -0.2) is 0 Å². The molecule has 10 nitrogen and oxygen atoms in total. The first kappa shape index (κ1) is 25.4. The van der Waals surface area contributed by atoms with Gasteiger partial charge in [0.25, 0.3) is 11.8 Å².